The summed E-state index contributed by atoms with van der Waals surface area (Å²) < 4.78 is 32.1. The van der Waals surface area contributed by atoms with Crippen LogP contribution in [-0.2, 0) is 24.3 Å². The molecule has 1 fully saturated rings. The van der Waals surface area contributed by atoms with Gasteiger partial charge in [-0.2, -0.15) is 0 Å². The van der Waals surface area contributed by atoms with Gasteiger partial charge in [-0.15, -0.1) is 0 Å². The quantitative estimate of drug-likeness (QED) is 0.775. The van der Waals surface area contributed by atoms with Crippen molar-refractivity contribution in [3.05, 3.63) is 64.1 Å². The minimum absolute atomic E-state index is 0.122. The van der Waals surface area contributed by atoms with Crippen molar-refractivity contribution < 1.29 is 22.7 Å². The topological polar surface area (TPSA) is 102 Å². The minimum atomic E-state index is -4.12. The molecule has 0 unspecified atom stereocenters. The number of benzene rings is 2. The normalized spacial score (nSPS) is 20.0. The molecule has 2 amide bonds. The van der Waals surface area contributed by atoms with E-state index in [1.807, 2.05) is 4.72 Å². The highest BCUT2D eigenvalue weighted by molar-refractivity contribution is 7.90. The third-order valence-electron chi connectivity index (χ3n) is 3.86. The molecular formula is C17H14Cl2N2O5S. The van der Waals surface area contributed by atoms with Crippen molar-refractivity contribution in [3.8, 4) is 0 Å². The van der Waals surface area contributed by atoms with Crippen LogP contribution in [0, 0.1) is 0 Å². The smallest absolute Gasteiger partial charge is 0.265 e. The number of hydrogen-bond donors (Lipinski definition) is 2. The van der Waals surface area contributed by atoms with Crippen molar-refractivity contribution in [2.75, 3.05) is 6.61 Å². The van der Waals surface area contributed by atoms with Gasteiger partial charge in [-0.25, -0.2) is 13.1 Å². The number of nitrogens with one attached hydrogen (secondary N) is 2. The molecule has 2 atom stereocenters. The zero-order chi connectivity index (χ0) is 19.6. The van der Waals surface area contributed by atoms with Gasteiger partial charge in [0, 0.05) is 10.0 Å². The highest BCUT2D eigenvalue weighted by Gasteiger charge is 2.37. The van der Waals surface area contributed by atoms with Gasteiger partial charge in [-0.1, -0.05) is 35.3 Å². The highest BCUT2D eigenvalue weighted by atomic mass is 35.5. The lowest BCUT2D eigenvalue weighted by atomic mass is 9.99. The van der Waals surface area contributed by atoms with Gasteiger partial charge in [0.25, 0.3) is 15.9 Å². The predicted octanol–water partition coefficient (Wildman–Crippen LogP) is 2.05. The molecule has 3 rings (SSSR count). The van der Waals surface area contributed by atoms with E-state index in [0.717, 1.165) is 0 Å². The molecule has 2 aromatic rings. The van der Waals surface area contributed by atoms with E-state index in [1.165, 1.54) is 24.3 Å². The number of halogens is 2. The number of amides is 2. The van der Waals surface area contributed by atoms with Crippen molar-refractivity contribution in [1.29, 1.82) is 0 Å². The highest BCUT2D eigenvalue weighted by Crippen LogP contribution is 2.25. The summed E-state index contributed by atoms with van der Waals surface area (Å²) in [7, 11) is -4.12. The van der Waals surface area contributed by atoms with Gasteiger partial charge in [-0.05, 0) is 42.0 Å². The second kappa shape index (κ2) is 7.85. The molecule has 1 heterocycles. The van der Waals surface area contributed by atoms with E-state index in [2.05, 4.69) is 5.32 Å². The predicted molar refractivity (Wildman–Crippen MR) is 98.9 cm³/mol. The van der Waals surface area contributed by atoms with E-state index in [0.29, 0.717) is 15.6 Å². The fourth-order valence-electron chi connectivity index (χ4n) is 2.57. The number of hydrogen-bond acceptors (Lipinski definition) is 5. The van der Waals surface area contributed by atoms with Gasteiger partial charge in [0.05, 0.1) is 10.9 Å². The second-order valence-corrected chi connectivity index (χ2v) is 8.31. The molecule has 0 spiro atoms. The SMILES string of the molecule is O=C1CO[C@@H](C(=O)NS(=O)(=O)c2ccc(Cl)cc2)[C@@H](c2ccc(Cl)cc2)N1. The van der Waals surface area contributed by atoms with Crippen molar-refractivity contribution in [2.45, 2.75) is 17.0 Å². The Labute approximate surface area is 165 Å². The Morgan fingerprint density at radius 2 is 1.59 bits per heavy atom. The molecular weight excluding hydrogens is 415 g/mol. The Morgan fingerprint density at radius 1 is 1.04 bits per heavy atom. The minimum Gasteiger partial charge on any atom is -0.356 e. The number of carbonyl (C=O) groups is 2. The number of morpholine rings is 1. The molecule has 0 aliphatic carbocycles. The summed E-state index contributed by atoms with van der Waals surface area (Å²) in [6.45, 7) is -0.358. The zero-order valence-corrected chi connectivity index (χ0v) is 16.0. The molecule has 2 N–H and O–H groups in total. The van der Waals surface area contributed by atoms with E-state index in [9.17, 15) is 18.0 Å². The van der Waals surface area contributed by atoms with Crippen molar-refractivity contribution >= 4 is 45.0 Å². The molecule has 7 nitrogen and oxygen atoms in total. The lowest BCUT2D eigenvalue weighted by Gasteiger charge is -2.31. The summed E-state index contributed by atoms with van der Waals surface area (Å²) in [5.41, 5.74) is 0.552. The van der Waals surface area contributed by atoms with Gasteiger partial charge in [0.1, 0.15) is 6.61 Å². The van der Waals surface area contributed by atoms with Crippen LogP contribution in [0.2, 0.25) is 10.0 Å². The van der Waals surface area contributed by atoms with Gasteiger partial charge >= 0.3 is 0 Å². The average molecular weight is 429 g/mol. The van der Waals surface area contributed by atoms with Crippen LogP contribution >= 0.6 is 23.2 Å². The Morgan fingerprint density at radius 3 is 2.19 bits per heavy atom. The first-order valence-corrected chi connectivity index (χ1v) is 9.99. The molecule has 27 heavy (non-hydrogen) atoms. The summed E-state index contributed by atoms with van der Waals surface area (Å²) in [5.74, 6) is -1.32. The van der Waals surface area contributed by atoms with Gasteiger partial charge in [-0.3, -0.25) is 9.59 Å². The first-order chi connectivity index (χ1) is 12.8. The fraction of sp³-hybridized carbons (Fsp3) is 0.176. The maximum Gasteiger partial charge on any atom is 0.265 e. The van der Waals surface area contributed by atoms with Crippen LogP contribution in [0.3, 0.4) is 0 Å². The number of ether oxygens (including phenoxy) is 1. The Kier molecular flexibility index (Phi) is 5.71. The molecule has 0 radical (unpaired) electrons. The summed E-state index contributed by atoms with van der Waals surface area (Å²) in [6, 6.07) is 10.9. The van der Waals surface area contributed by atoms with Crippen molar-refractivity contribution in [1.82, 2.24) is 10.0 Å². The number of carbonyl (C=O) groups excluding carboxylic acids is 2. The lowest BCUT2D eigenvalue weighted by Crippen LogP contribution is -2.53. The van der Waals surface area contributed by atoms with E-state index in [1.54, 1.807) is 24.3 Å². The van der Waals surface area contributed by atoms with E-state index in [4.69, 9.17) is 27.9 Å². The molecule has 0 saturated carbocycles. The van der Waals surface area contributed by atoms with E-state index in [-0.39, 0.29) is 11.5 Å². The van der Waals surface area contributed by atoms with Crippen LogP contribution in [0.15, 0.2) is 53.4 Å². The Balaban J connectivity index is 1.83. The summed E-state index contributed by atoms with van der Waals surface area (Å²) >= 11 is 11.6. The van der Waals surface area contributed by atoms with Crippen LogP contribution in [-0.4, -0.2) is 32.9 Å². The molecule has 2 aromatic carbocycles. The van der Waals surface area contributed by atoms with Crippen molar-refractivity contribution in [3.63, 3.8) is 0 Å². The molecule has 142 valence electrons. The Bertz CT molecular complexity index is 962. The zero-order valence-electron chi connectivity index (χ0n) is 13.7. The largest absolute Gasteiger partial charge is 0.356 e. The molecule has 10 heteroatoms. The molecule has 1 saturated heterocycles. The van der Waals surface area contributed by atoms with Crippen LogP contribution in [0.4, 0.5) is 0 Å². The molecule has 0 aromatic heterocycles. The van der Waals surface area contributed by atoms with Crippen LogP contribution in [0.1, 0.15) is 11.6 Å². The standard InChI is InChI=1S/C17H14Cl2N2O5S/c18-11-3-1-10(2-4-11)15-16(26-9-14(22)20-15)17(23)21-27(24,25)13-7-5-12(19)6-8-13/h1-8,15-16H,9H2,(H,20,22)(H,21,23)/t15-,16-/m1/s1. The summed E-state index contributed by atoms with van der Waals surface area (Å²) in [5, 5.41) is 3.48. The van der Waals surface area contributed by atoms with Crippen LogP contribution < -0.4 is 10.0 Å². The fourth-order valence-corrected chi connectivity index (χ4v) is 3.82. The first-order valence-electron chi connectivity index (χ1n) is 7.75. The van der Waals surface area contributed by atoms with Crippen molar-refractivity contribution in [2.24, 2.45) is 0 Å². The summed E-state index contributed by atoms with van der Waals surface area (Å²) in [4.78, 5) is 24.2. The van der Waals surface area contributed by atoms with Gasteiger partial charge in [0.15, 0.2) is 6.10 Å². The summed E-state index contributed by atoms with van der Waals surface area (Å²) in [6.07, 6.45) is -1.23. The molecule has 1 aliphatic heterocycles. The van der Waals surface area contributed by atoms with Crippen LogP contribution in [0.5, 0.6) is 0 Å². The average Bonchev–Trinajstić information content (AvgIpc) is 2.62. The van der Waals surface area contributed by atoms with E-state index >= 15 is 0 Å². The van der Waals surface area contributed by atoms with E-state index < -0.39 is 34.0 Å². The maximum absolute atomic E-state index is 12.6. The maximum atomic E-state index is 12.6. The first kappa shape index (κ1) is 19.6. The number of sulfonamides is 1. The van der Waals surface area contributed by atoms with Gasteiger partial charge < -0.3 is 10.1 Å². The molecule has 1 aliphatic rings. The molecule has 0 bridgehead atoms. The monoisotopic (exact) mass is 428 g/mol. The third-order valence-corrected chi connectivity index (χ3v) is 5.73. The van der Waals surface area contributed by atoms with Gasteiger partial charge in [0.2, 0.25) is 5.91 Å². The number of rotatable bonds is 4. The second-order valence-electron chi connectivity index (χ2n) is 5.75. The van der Waals surface area contributed by atoms with Crippen LogP contribution in [0.25, 0.3) is 0 Å². The third kappa shape index (κ3) is 4.59. The Hall–Kier alpha value is -2.13. The lowest BCUT2D eigenvalue weighted by molar-refractivity contribution is -0.146.